The monoisotopic (exact) mass is 441 g/mol. The Balaban J connectivity index is 1.41. The number of rotatable bonds is 8. The Morgan fingerprint density at radius 3 is 2.53 bits per heavy atom. The van der Waals surface area contributed by atoms with Crippen LogP contribution >= 0.6 is 0 Å². The predicted octanol–water partition coefficient (Wildman–Crippen LogP) is 3.10. The average Bonchev–Trinajstić information content (AvgIpc) is 3.00. The van der Waals surface area contributed by atoms with Gasteiger partial charge in [-0.15, -0.1) is 0 Å². The third-order valence-corrected chi connectivity index (χ3v) is 5.65. The minimum Gasteiger partial charge on any atom is -0.486 e. The van der Waals surface area contributed by atoms with E-state index in [0.717, 1.165) is 26.2 Å². The molecule has 1 heterocycles. The molecule has 174 valence electrons. The van der Waals surface area contributed by atoms with Gasteiger partial charge in [-0.3, -0.25) is 9.89 Å². The molecule has 1 aliphatic rings. The van der Waals surface area contributed by atoms with E-state index >= 15 is 0 Å². The SMILES string of the molecule is CN=C(NCc1ccc(CN2CCCN(C)CC2)cc1)NCC(C)Oc1ccccc1F. The van der Waals surface area contributed by atoms with Crippen molar-refractivity contribution in [2.75, 3.05) is 46.8 Å². The van der Waals surface area contributed by atoms with Gasteiger partial charge in [-0.2, -0.15) is 0 Å². The molecule has 2 aromatic carbocycles. The van der Waals surface area contributed by atoms with E-state index in [1.165, 1.54) is 30.2 Å². The largest absolute Gasteiger partial charge is 0.486 e. The van der Waals surface area contributed by atoms with Crippen molar-refractivity contribution in [2.24, 2.45) is 4.99 Å². The molecular formula is C25H36FN5O. The van der Waals surface area contributed by atoms with Gasteiger partial charge in [0.1, 0.15) is 6.10 Å². The summed E-state index contributed by atoms with van der Waals surface area (Å²) in [5, 5.41) is 6.56. The lowest BCUT2D eigenvalue weighted by Gasteiger charge is -2.20. The van der Waals surface area contributed by atoms with Gasteiger partial charge in [0.25, 0.3) is 0 Å². The molecule has 6 nitrogen and oxygen atoms in total. The van der Waals surface area contributed by atoms with Gasteiger partial charge in [-0.25, -0.2) is 4.39 Å². The van der Waals surface area contributed by atoms with Crippen molar-refractivity contribution >= 4 is 5.96 Å². The highest BCUT2D eigenvalue weighted by Crippen LogP contribution is 2.16. The molecule has 0 spiro atoms. The minimum atomic E-state index is -0.353. The van der Waals surface area contributed by atoms with Crippen molar-refractivity contribution in [1.29, 1.82) is 0 Å². The van der Waals surface area contributed by atoms with Crippen LogP contribution < -0.4 is 15.4 Å². The Labute approximate surface area is 191 Å². The third kappa shape index (κ3) is 7.80. The van der Waals surface area contributed by atoms with E-state index in [1.54, 1.807) is 25.2 Å². The lowest BCUT2D eigenvalue weighted by atomic mass is 10.1. The summed E-state index contributed by atoms with van der Waals surface area (Å²) in [7, 11) is 3.93. The molecule has 7 heteroatoms. The van der Waals surface area contributed by atoms with Gasteiger partial charge in [0.2, 0.25) is 0 Å². The molecule has 3 rings (SSSR count). The van der Waals surface area contributed by atoms with Crippen molar-refractivity contribution in [1.82, 2.24) is 20.4 Å². The maximum atomic E-state index is 13.7. The van der Waals surface area contributed by atoms with E-state index in [2.05, 4.69) is 56.7 Å². The predicted molar refractivity (Wildman–Crippen MR) is 129 cm³/mol. The highest BCUT2D eigenvalue weighted by Gasteiger charge is 2.12. The quantitative estimate of drug-likeness (QED) is 0.487. The van der Waals surface area contributed by atoms with Crippen LogP contribution in [0, 0.1) is 5.82 Å². The standard InChI is InChI=1S/C25H36FN5O/c1-20(32-24-8-5-4-7-23(24)26)17-28-25(27-2)29-18-21-9-11-22(12-10-21)19-31-14-6-13-30(3)15-16-31/h4-5,7-12,20H,6,13-19H2,1-3H3,(H2,27,28,29). The van der Waals surface area contributed by atoms with Gasteiger partial charge >= 0.3 is 0 Å². The number of para-hydroxylation sites is 1. The second kappa shape index (κ2) is 12.4. The zero-order valence-electron chi connectivity index (χ0n) is 19.5. The highest BCUT2D eigenvalue weighted by atomic mass is 19.1. The van der Waals surface area contributed by atoms with E-state index in [9.17, 15) is 4.39 Å². The fourth-order valence-corrected chi connectivity index (χ4v) is 3.72. The Morgan fingerprint density at radius 1 is 1.03 bits per heavy atom. The van der Waals surface area contributed by atoms with E-state index in [0.29, 0.717) is 19.0 Å². The second-order valence-electron chi connectivity index (χ2n) is 8.42. The van der Waals surface area contributed by atoms with Gasteiger partial charge in [-0.05, 0) is 56.7 Å². The number of guanidine groups is 1. The van der Waals surface area contributed by atoms with E-state index in [1.807, 2.05) is 6.92 Å². The molecule has 0 radical (unpaired) electrons. The van der Waals surface area contributed by atoms with Gasteiger partial charge < -0.3 is 20.3 Å². The fraction of sp³-hybridized carbons (Fsp3) is 0.480. The molecule has 1 fully saturated rings. The molecule has 0 aromatic heterocycles. The number of nitrogens with zero attached hydrogens (tertiary/aromatic N) is 3. The summed E-state index contributed by atoms with van der Waals surface area (Å²) in [5.74, 6) is 0.595. The molecule has 1 unspecified atom stereocenters. The molecule has 1 atom stereocenters. The number of hydrogen-bond acceptors (Lipinski definition) is 4. The van der Waals surface area contributed by atoms with Crippen LogP contribution in [0.2, 0.25) is 0 Å². The number of ether oxygens (including phenoxy) is 1. The van der Waals surface area contributed by atoms with Crippen LogP contribution in [-0.4, -0.2) is 68.7 Å². The number of likely N-dealkylation sites (N-methyl/N-ethyl adjacent to an activating group) is 1. The number of benzene rings is 2. The van der Waals surface area contributed by atoms with Crippen LogP contribution in [0.15, 0.2) is 53.5 Å². The van der Waals surface area contributed by atoms with E-state index in [4.69, 9.17) is 4.74 Å². The molecule has 1 saturated heterocycles. The molecule has 32 heavy (non-hydrogen) atoms. The lowest BCUT2D eigenvalue weighted by Crippen LogP contribution is -2.41. The van der Waals surface area contributed by atoms with Gasteiger partial charge in [-0.1, -0.05) is 36.4 Å². The topological polar surface area (TPSA) is 52.1 Å². The molecule has 2 N–H and O–H groups in total. The van der Waals surface area contributed by atoms with Crippen LogP contribution in [0.1, 0.15) is 24.5 Å². The van der Waals surface area contributed by atoms with Gasteiger partial charge in [0.05, 0.1) is 6.54 Å². The maximum absolute atomic E-state index is 13.7. The van der Waals surface area contributed by atoms with Crippen molar-refractivity contribution in [3.8, 4) is 5.75 Å². The summed E-state index contributed by atoms with van der Waals surface area (Å²) in [5.41, 5.74) is 2.54. The van der Waals surface area contributed by atoms with E-state index in [-0.39, 0.29) is 17.7 Å². The maximum Gasteiger partial charge on any atom is 0.191 e. The highest BCUT2D eigenvalue weighted by molar-refractivity contribution is 5.79. The molecule has 0 amide bonds. The summed E-state index contributed by atoms with van der Waals surface area (Å²) in [6, 6.07) is 15.2. The van der Waals surface area contributed by atoms with Crippen LogP contribution in [0.4, 0.5) is 4.39 Å². The Bertz CT molecular complexity index is 858. The summed E-state index contributed by atoms with van der Waals surface area (Å²) >= 11 is 0. The third-order valence-electron chi connectivity index (χ3n) is 5.65. The zero-order valence-corrected chi connectivity index (χ0v) is 19.5. The Morgan fingerprint density at radius 2 is 1.78 bits per heavy atom. The number of halogens is 1. The van der Waals surface area contributed by atoms with Crippen LogP contribution in [0.5, 0.6) is 5.75 Å². The molecule has 0 aliphatic carbocycles. The number of hydrogen-bond donors (Lipinski definition) is 2. The summed E-state index contributed by atoms with van der Waals surface area (Å²) in [6.45, 7) is 8.70. The molecule has 1 aliphatic heterocycles. The molecule has 2 aromatic rings. The molecule has 0 saturated carbocycles. The Hall–Kier alpha value is -2.64. The van der Waals surface area contributed by atoms with Crippen LogP contribution in [0.25, 0.3) is 0 Å². The van der Waals surface area contributed by atoms with Crippen molar-refractivity contribution in [3.05, 3.63) is 65.5 Å². The second-order valence-corrected chi connectivity index (χ2v) is 8.42. The zero-order chi connectivity index (χ0) is 22.8. The van der Waals surface area contributed by atoms with Gasteiger partial charge in [0, 0.05) is 33.2 Å². The fourth-order valence-electron chi connectivity index (χ4n) is 3.72. The smallest absolute Gasteiger partial charge is 0.191 e. The average molecular weight is 442 g/mol. The van der Waals surface area contributed by atoms with Crippen LogP contribution in [0.3, 0.4) is 0 Å². The van der Waals surface area contributed by atoms with Gasteiger partial charge in [0.15, 0.2) is 17.5 Å². The summed E-state index contributed by atoms with van der Waals surface area (Å²) < 4.78 is 19.4. The number of aliphatic imine (C=N–C) groups is 1. The molecule has 0 bridgehead atoms. The first kappa shape index (κ1) is 24.0. The van der Waals surface area contributed by atoms with Crippen LogP contribution in [-0.2, 0) is 13.1 Å². The molecular weight excluding hydrogens is 405 g/mol. The summed E-state index contributed by atoms with van der Waals surface area (Å²) in [4.78, 5) is 9.20. The van der Waals surface area contributed by atoms with E-state index < -0.39 is 0 Å². The first-order chi connectivity index (χ1) is 15.5. The number of nitrogens with one attached hydrogen (secondary N) is 2. The Kier molecular flexibility index (Phi) is 9.31. The lowest BCUT2D eigenvalue weighted by molar-refractivity contribution is 0.214. The van der Waals surface area contributed by atoms with Crippen molar-refractivity contribution < 1.29 is 9.13 Å². The summed E-state index contributed by atoms with van der Waals surface area (Å²) in [6.07, 6.45) is 1.03. The van der Waals surface area contributed by atoms with Crippen molar-refractivity contribution in [3.63, 3.8) is 0 Å². The van der Waals surface area contributed by atoms with Crippen molar-refractivity contribution in [2.45, 2.75) is 32.5 Å². The first-order valence-corrected chi connectivity index (χ1v) is 11.4. The minimum absolute atomic E-state index is 0.205. The normalized spacial score (nSPS) is 16.9. The first-order valence-electron chi connectivity index (χ1n) is 11.4.